The van der Waals surface area contributed by atoms with Crippen molar-refractivity contribution in [2.75, 3.05) is 18.0 Å². The second-order valence-electron chi connectivity index (χ2n) is 4.47. The molecule has 0 bridgehead atoms. The maximum absolute atomic E-state index is 6.10. The Labute approximate surface area is 110 Å². The Morgan fingerprint density at radius 2 is 2.25 bits per heavy atom. The average Bonchev–Trinajstić information content (AvgIpc) is 2.26. The largest absolute Gasteiger partial charge is 0.371 e. The van der Waals surface area contributed by atoms with Gasteiger partial charge in [-0.3, -0.25) is 0 Å². The highest BCUT2D eigenvalue weighted by Gasteiger charge is 2.23. The highest BCUT2D eigenvalue weighted by molar-refractivity contribution is 9.10. The van der Waals surface area contributed by atoms with E-state index in [1.807, 2.05) is 12.1 Å². The number of anilines is 1. The first kappa shape index (κ1) is 12.2. The van der Waals surface area contributed by atoms with Crippen LogP contribution in [0, 0.1) is 5.92 Å². The SMILES string of the molecule is CC1CN(c2ccc(Br)c(Cl)c2)CCC1N. The standard InChI is InChI=1S/C12H16BrClN2/c1-8-7-16(5-4-12(8)15)9-2-3-10(13)11(14)6-9/h2-3,6,8,12H,4-5,7,15H2,1H3. The molecule has 1 heterocycles. The lowest BCUT2D eigenvalue weighted by Gasteiger charge is -2.36. The Morgan fingerprint density at radius 1 is 1.50 bits per heavy atom. The number of piperidine rings is 1. The fourth-order valence-electron chi connectivity index (χ4n) is 2.08. The van der Waals surface area contributed by atoms with Gasteiger partial charge in [-0.05, 0) is 46.5 Å². The van der Waals surface area contributed by atoms with E-state index in [-0.39, 0.29) is 0 Å². The molecule has 0 spiro atoms. The van der Waals surface area contributed by atoms with Gasteiger partial charge < -0.3 is 10.6 Å². The van der Waals surface area contributed by atoms with Gasteiger partial charge in [0.05, 0.1) is 5.02 Å². The van der Waals surface area contributed by atoms with Gasteiger partial charge >= 0.3 is 0 Å². The molecule has 0 saturated carbocycles. The summed E-state index contributed by atoms with van der Waals surface area (Å²) in [4.78, 5) is 2.35. The van der Waals surface area contributed by atoms with E-state index in [2.05, 4.69) is 33.8 Å². The minimum Gasteiger partial charge on any atom is -0.371 e. The summed E-state index contributed by atoms with van der Waals surface area (Å²) in [6.07, 6.45) is 1.05. The van der Waals surface area contributed by atoms with Gasteiger partial charge in [0, 0.05) is 29.3 Å². The minimum atomic E-state index is 0.335. The molecular formula is C12H16BrClN2. The molecule has 2 atom stereocenters. The fourth-order valence-corrected chi connectivity index (χ4v) is 2.50. The third kappa shape index (κ3) is 2.53. The van der Waals surface area contributed by atoms with E-state index in [9.17, 15) is 0 Å². The van der Waals surface area contributed by atoms with E-state index in [0.29, 0.717) is 12.0 Å². The van der Waals surface area contributed by atoms with Gasteiger partial charge in [0.15, 0.2) is 0 Å². The van der Waals surface area contributed by atoms with Crippen LogP contribution in [-0.2, 0) is 0 Å². The molecule has 4 heteroatoms. The third-order valence-electron chi connectivity index (χ3n) is 3.24. The number of nitrogens with zero attached hydrogens (tertiary/aromatic N) is 1. The first-order valence-corrected chi connectivity index (χ1v) is 6.70. The van der Waals surface area contributed by atoms with Crippen LogP contribution in [0.25, 0.3) is 0 Å². The monoisotopic (exact) mass is 302 g/mol. The fraction of sp³-hybridized carbons (Fsp3) is 0.500. The number of rotatable bonds is 1. The molecule has 88 valence electrons. The zero-order valence-electron chi connectivity index (χ0n) is 9.29. The lowest BCUT2D eigenvalue weighted by atomic mass is 9.94. The van der Waals surface area contributed by atoms with E-state index < -0.39 is 0 Å². The Bertz CT molecular complexity index is 383. The number of benzene rings is 1. The highest BCUT2D eigenvalue weighted by atomic mass is 79.9. The van der Waals surface area contributed by atoms with Crippen LogP contribution in [0.2, 0.25) is 5.02 Å². The van der Waals surface area contributed by atoms with Gasteiger partial charge in [0.2, 0.25) is 0 Å². The molecule has 0 aromatic heterocycles. The molecule has 1 saturated heterocycles. The Balaban J connectivity index is 2.15. The molecule has 2 N–H and O–H groups in total. The van der Waals surface area contributed by atoms with E-state index in [1.54, 1.807) is 0 Å². The van der Waals surface area contributed by atoms with Gasteiger partial charge in [-0.15, -0.1) is 0 Å². The summed E-state index contributed by atoms with van der Waals surface area (Å²) < 4.78 is 0.944. The molecule has 0 aliphatic carbocycles. The molecule has 2 nitrogen and oxygen atoms in total. The Morgan fingerprint density at radius 3 is 2.88 bits per heavy atom. The van der Waals surface area contributed by atoms with Crippen molar-refractivity contribution >= 4 is 33.2 Å². The predicted molar refractivity (Wildman–Crippen MR) is 73.1 cm³/mol. The molecule has 1 aliphatic heterocycles. The summed E-state index contributed by atoms with van der Waals surface area (Å²) >= 11 is 9.50. The van der Waals surface area contributed by atoms with Crippen LogP contribution in [0.4, 0.5) is 5.69 Å². The summed E-state index contributed by atoms with van der Waals surface area (Å²) in [5.74, 6) is 0.538. The smallest absolute Gasteiger partial charge is 0.0568 e. The van der Waals surface area contributed by atoms with E-state index >= 15 is 0 Å². The molecule has 1 aromatic rings. The molecule has 2 unspecified atom stereocenters. The number of hydrogen-bond acceptors (Lipinski definition) is 2. The van der Waals surface area contributed by atoms with Gasteiger partial charge in [0.25, 0.3) is 0 Å². The van der Waals surface area contributed by atoms with E-state index in [0.717, 1.165) is 29.0 Å². The normalized spacial score (nSPS) is 25.9. The van der Waals surface area contributed by atoms with Crippen molar-refractivity contribution < 1.29 is 0 Å². The van der Waals surface area contributed by atoms with Crippen molar-refractivity contribution in [2.24, 2.45) is 11.7 Å². The molecule has 16 heavy (non-hydrogen) atoms. The number of halogens is 2. The summed E-state index contributed by atoms with van der Waals surface area (Å²) in [5, 5.41) is 0.764. The highest BCUT2D eigenvalue weighted by Crippen LogP contribution is 2.29. The van der Waals surface area contributed by atoms with E-state index in [4.69, 9.17) is 17.3 Å². The molecule has 0 radical (unpaired) electrons. The van der Waals surface area contributed by atoms with Crippen LogP contribution in [0.1, 0.15) is 13.3 Å². The van der Waals surface area contributed by atoms with Gasteiger partial charge in [-0.25, -0.2) is 0 Å². The molecule has 2 rings (SSSR count). The van der Waals surface area contributed by atoms with Crippen LogP contribution in [0.5, 0.6) is 0 Å². The maximum atomic E-state index is 6.10. The lowest BCUT2D eigenvalue weighted by molar-refractivity contribution is 0.383. The first-order valence-electron chi connectivity index (χ1n) is 5.53. The predicted octanol–water partition coefficient (Wildman–Crippen LogP) is 3.28. The molecule has 1 fully saturated rings. The zero-order chi connectivity index (χ0) is 11.7. The number of nitrogens with two attached hydrogens (primary N) is 1. The van der Waals surface area contributed by atoms with Crippen LogP contribution in [0.3, 0.4) is 0 Å². The molecular weight excluding hydrogens is 288 g/mol. The van der Waals surface area contributed by atoms with Crippen LogP contribution in [0.15, 0.2) is 22.7 Å². The zero-order valence-corrected chi connectivity index (χ0v) is 11.6. The third-order valence-corrected chi connectivity index (χ3v) is 4.47. The van der Waals surface area contributed by atoms with Crippen molar-refractivity contribution in [2.45, 2.75) is 19.4 Å². The quantitative estimate of drug-likeness (QED) is 0.863. The minimum absolute atomic E-state index is 0.335. The van der Waals surface area contributed by atoms with Crippen molar-refractivity contribution in [1.82, 2.24) is 0 Å². The lowest BCUT2D eigenvalue weighted by Crippen LogP contribution is -2.45. The average molecular weight is 304 g/mol. The van der Waals surface area contributed by atoms with Crippen molar-refractivity contribution in [1.29, 1.82) is 0 Å². The van der Waals surface area contributed by atoms with Gasteiger partial charge in [-0.1, -0.05) is 18.5 Å². The van der Waals surface area contributed by atoms with Crippen LogP contribution >= 0.6 is 27.5 Å². The van der Waals surface area contributed by atoms with Gasteiger partial charge in [0.1, 0.15) is 0 Å². The molecule has 1 aromatic carbocycles. The first-order chi connectivity index (χ1) is 7.58. The topological polar surface area (TPSA) is 29.3 Å². The second kappa shape index (κ2) is 4.94. The van der Waals surface area contributed by atoms with Crippen molar-refractivity contribution in [3.63, 3.8) is 0 Å². The van der Waals surface area contributed by atoms with Crippen LogP contribution < -0.4 is 10.6 Å². The van der Waals surface area contributed by atoms with Crippen molar-refractivity contribution in [3.05, 3.63) is 27.7 Å². The van der Waals surface area contributed by atoms with Gasteiger partial charge in [-0.2, -0.15) is 0 Å². The second-order valence-corrected chi connectivity index (χ2v) is 5.74. The van der Waals surface area contributed by atoms with E-state index in [1.165, 1.54) is 5.69 Å². The Hall–Kier alpha value is -0.250. The summed E-state index contributed by atoms with van der Waals surface area (Å²) in [6.45, 7) is 4.24. The molecule has 0 amide bonds. The summed E-state index contributed by atoms with van der Waals surface area (Å²) in [6, 6.07) is 6.44. The summed E-state index contributed by atoms with van der Waals surface area (Å²) in [5.41, 5.74) is 7.20. The Kier molecular flexibility index (Phi) is 3.77. The molecule has 1 aliphatic rings. The maximum Gasteiger partial charge on any atom is 0.0568 e. The van der Waals surface area contributed by atoms with Crippen molar-refractivity contribution in [3.8, 4) is 0 Å². The van der Waals surface area contributed by atoms with Crippen LogP contribution in [-0.4, -0.2) is 19.1 Å². The number of hydrogen-bond donors (Lipinski definition) is 1. The summed E-state index contributed by atoms with van der Waals surface area (Å²) in [7, 11) is 0.